The normalized spacial score (nSPS) is 12.8. The van der Waals surface area contributed by atoms with Crippen LogP contribution in [0, 0.1) is 0 Å². The number of ether oxygens (including phenoxy) is 1. The summed E-state index contributed by atoms with van der Waals surface area (Å²) in [5, 5.41) is 16.8. The molecule has 2 aromatic rings. The fraction of sp³-hybridized carbons (Fsp3) is 0.588. The molecule has 1 N–H and O–H groups in total. The first-order chi connectivity index (χ1) is 13.5. The third-order valence-corrected chi connectivity index (χ3v) is 6.37. The molecule has 0 radical (unpaired) electrons. The monoisotopic (exact) mass is 464 g/mol. The van der Waals surface area contributed by atoms with Gasteiger partial charge >= 0.3 is 5.97 Å². The predicted molar refractivity (Wildman–Crippen MR) is 108 cm³/mol. The zero-order chi connectivity index (χ0) is 23.5. The van der Waals surface area contributed by atoms with Gasteiger partial charge in [0.2, 0.25) is 0 Å². The van der Waals surface area contributed by atoms with Crippen LogP contribution in [0.3, 0.4) is 0 Å². The number of hydrogen-bond donors (Lipinski definition) is 1. The maximum absolute atomic E-state index is 11.5. The summed E-state index contributed by atoms with van der Waals surface area (Å²) >= 11 is 0. The van der Waals surface area contributed by atoms with Crippen molar-refractivity contribution >= 4 is 25.6 Å². The molecule has 13 heteroatoms. The second-order valence-corrected chi connectivity index (χ2v) is 11.8. The third-order valence-electron chi connectivity index (χ3n) is 4.24. The molecule has 30 heavy (non-hydrogen) atoms. The first kappa shape index (κ1) is 25.8. The smallest absolute Gasteiger partial charge is 0.333 e. The van der Waals surface area contributed by atoms with E-state index in [1.165, 1.54) is 41.3 Å². The van der Waals surface area contributed by atoms with Crippen LogP contribution in [-0.4, -0.2) is 73.7 Å². The summed E-state index contributed by atoms with van der Waals surface area (Å²) in [5.41, 5.74) is -1.61. The Bertz CT molecular complexity index is 1100. The zero-order valence-corrected chi connectivity index (χ0v) is 19.7. The van der Waals surface area contributed by atoms with E-state index in [0.29, 0.717) is 0 Å². The van der Waals surface area contributed by atoms with E-state index in [1.54, 1.807) is 27.7 Å². The van der Waals surface area contributed by atoms with Crippen LogP contribution in [0.1, 0.15) is 27.7 Å². The molecule has 0 aliphatic rings. The van der Waals surface area contributed by atoms with E-state index < -0.39 is 36.7 Å². The highest BCUT2D eigenvalue weighted by atomic mass is 32.2. The Morgan fingerprint density at radius 3 is 1.70 bits per heavy atom. The molecule has 0 atom stereocenters. The van der Waals surface area contributed by atoms with E-state index in [1.807, 2.05) is 0 Å². The fourth-order valence-corrected chi connectivity index (χ4v) is 3.11. The maximum atomic E-state index is 11.5. The third kappa shape index (κ3) is 6.12. The minimum absolute atomic E-state index is 0.0736. The van der Waals surface area contributed by atoms with Gasteiger partial charge in [-0.3, -0.25) is 9.36 Å². The van der Waals surface area contributed by atoms with Gasteiger partial charge in [-0.1, -0.05) is 0 Å². The molecule has 11 nitrogen and oxygen atoms in total. The molecule has 0 aromatic carbocycles. The van der Waals surface area contributed by atoms with Crippen LogP contribution in [0.5, 0.6) is 0 Å². The van der Waals surface area contributed by atoms with Crippen LogP contribution < -0.4 is 0 Å². The van der Waals surface area contributed by atoms with Crippen molar-refractivity contribution < 1.29 is 31.5 Å². The van der Waals surface area contributed by atoms with Gasteiger partial charge < -0.3 is 9.84 Å². The highest BCUT2D eigenvalue weighted by molar-refractivity contribution is 7.91. The van der Waals surface area contributed by atoms with Crippen LogP contribution >= 0.6 is 0 Å². The number of carbonyl (C=O) groups excluding carboxylic acids is 1. The second kappa shape index (κ2) is 8.86. The van der Waals surface area contributed by atoms with Crippen LogP contribution in [0.25, 0.3) is 0 Å². The highest BCUT2D eigenvalue weighted by Gasteiger charge is 2.32. The van der Waals surface area contributed by atoms with E-state index in [9.17, 15) is 21.6 Å². The maximum Gasteiger partial charge on any atom is 0.333 e. The summed E-state index contributed by atoms with van der Waals surface area (Å²) in [6, 6.07) is 0. The number of aliphatic hydroxyl groups is 1. The van der Waals surface area contributed by atoms with Crippen molar-refractivity contribution in [3.63, 3.8) is 0 Å². The van der Waals surface area contributed by atoms with Crippen LogP contribution in [0.15, 0.2) is 34.6 Å². The molecule has 0 fully saturated rings. The molecule has 2 heterocycles. The molecule has 0 saturated carbocycles. The minimum Gasteiger partial charge on any atom is -0.467 e. The van der Waals surface area contributed by atoms with E-state index in [0.717, 1.165) is 12.5 Å². The van der Waals surface area contributed by atoms with Gasteiger partial charge in [0.1, 0.15) is 9.79 Å². The van der Waals surface area contributed by atoms with E-state index in [2.05, 4.69) is 14.9 Å². The molecule has 0 spiro atoms. The molecule has 0 aliphatic carbocycles. The molecular weight excluding hydrogens is 436 g/mol. The van der Waals surface area contributed by atoms with Gasteiger partial charge in [-0.15, -0.1) is 0 Å². The van der Waals surface area contributed by atoms with Crippen LogP contribution in [0.4, 0.5) is 0 Å². The van der Waals surface area contributed by atoms with Gasteiger partial charge in [0.25, 0.3) is 0 Å². The molecule has 2 aromatic heterocycles. The summed E-state index contributed by atoms with van der Waals surface area (Å²) in [5.74, 6) is -0.490. The average molecular weight is 465 g/mol. The quantitative estimate of drug-likeness (QED) is 0.592. The fourth-order valence-electron chi connectivity index (χ4n) is 2.05. The number of carbonyl (C=O) groups is 1. The van der Waals surface area contributed by atoms with Gasteiger partial charge in [-0.2, -0.15) is 10.2 Å². The summed E-state index contributed by atoms with van der Waals surface area (Å²) in [7, 11) is -5.26. The average Bonchev–Trinajstić information content (AvgIpc) is 3.30. The molecule has 0 bridgehead atoms. The summed E-state index contributed by atoms with van der Waals surface area (Å²) in [6.07, 6.45) is 7.43. The van der Waals surface area contributed by atoms with Gasteiger partial charge in [-0.05, 0) is 27.7 Å². The molecule has 0 amide bonds. The Hall–Kier alpha value is -2.25. The number of rotatable bonds is 6. The molecule has 0 aliphatic heterocycles. The standard InChI is InChI=1S/C9H14N2O4S.C8H14N2O3S/c1-9(2,8(12)15-3)11-6-7(5-10-11)16(4,13)14;1-8(2,6-11)10-5-7(4-9-10)14(3,12)13/h5-6H,1-4H3;4-5,11H,6H2,1-3H3. The first-order valence-corrected chi connectivity index (χ1v) is 12.4. The van der Waals surface area contributed by atoms with Crippen molar-refractivity contribution in [1.82, 2.24) is 19.6 Å². The van der Waals surface area contributed by atoms with Gasteiger partial charge in [0.05, 0.1) is 31.6 Å². The summed E-state index contributed by atoms with van der Waals surface area (Å²) in [6.45, 7) is 6.63. The number of aliphatic hydroxyl groups excluding tert-OH is 1. The second-order valence-electron chi connectivity index (χ2n) is 7.81. The van der Waals surface area contributed by atoms with Crippen LogP contribution in [0.2, 0.25) is 0 Å². The number of nitrogens with zero attached hydrogens (tertiary/aromatic N) is 4. The molecular formula is C17H28N4O7S2. The Kier molecular flexibility index (Phi) is 7.61. The zero-order valence-electron chi connectivity index (χ0n) is 18.0. The SMILES string of the molecule is CC(C)(CO)n1cc(S(C)(=O)=O)cn1.COC(=O)C(C)(C)n1cc(S(C)(=O)=O)cn1. The Morgan fingerprint density at radius 2 is 1.37 bits per heavy atom. The lowest BCUT2D eigenvalue weighted by molar-refractivity contribution is -0.150. The number of sulfone groups is 2. The minimum atomic E-state index is -3.31. The molecule has 170 valence electrons. The topological polar surface area (TPSA) is 150 Å². The summed E-state index contributed by atoms with van der Waals surface area (Å²) in [4.78, 5) is 11.7. The van der Waals surface area contributed by atoms with E-state index >= 15 is 0 Å². The first-order valence-electron chi connectivity index (χ1n) is 8.66. The molecule has 0 saturated heterocycles. The lowest BCUT2D eigenvalue weighted by Crippen LogP contribution is -2.37. The Balaban J connectivity index is 0.000000303. The lowest BCUT2D eigenvalue weighted by Gasteiger charge is -2.21. The number of methoxy groups -OCH3 is 1. The van der Waals surface area contributed by atoms with Crippen molar-refractivity contribution in [1.29, 1.82) is 0 Å². The number of hydrogen-bond acceptors (Lipinski definition) is 9. The van der Waals surface area contributed by atoms with Crippen molar-refractivity contribution in [2.24, 2.45) is 0 Å². The van der Waals surface area contributed by atoms with Crippen molar-refractivity contribution in [3.8, 4) is 0 Å². The van der Waals surface area contributed by atoms with Crippen molar-refractivity contribution in [2.45, 2.75) is 48.6 Å². The van der Waals surface area contributed by atoms with E-state index in [4.69, 9.17) is 5.11 Å². The van der Waals surface area contributed by atoms with Gasteiger partial charge in [-0.25, -0.2) is 21.6 Å². The lowest BCUT2D eigenvalue weighted by atomic mass is 10.1. The Morgan fingerprint density at radius 1 is 0.967 bits per heavy atom. The highest BCUT2D eigenvalue weighted by Crippen LogP contribution is 2.18. The van der Waals surface area contributed by atoms with Crippen molar-refractivity contribution in [2.75, 3.05) is 26.2 Å². The van der Waals surface area contributed by atoms with Gasteiger partial charge in [0.15, 0.2) is 25.2 Å². The van der Waals surface area contributed by atoms with Gasteiger partial charge in [0, 0.05) is 24.9 Å². The van der Waals surface area contributed by atoms with E-state index in [-0.39, 0.29) is 16.4 Å². The number of esters is 1. The van der Waals surface area contributed by atoms with Crippen molar-refractivity contribution in [3.05, 3.63) is 24.8 Å². The molecule has 0 unspecified atom stereocenters. The predicted octanol–water partition coefficient (Wildman–Crippen LogP) is 0.209. The summed E-state index contributed by atoms with van der Waals surface area (Å²) < 4.78 is 52.1. The Labute approximate surface area is 176 Å². The number of aromatic nitrogens is 4. The van der Waals surface area contributed by atoms with Crippen LogP contribution in [-0.2, 0) is 40.3 Å². The molecule has 2 rings (SSSR count). The largest absolute Gasteiger partial charge is 0.467 e.